The molecule has 2 aromatic heterocycles. The van der Waals surface area contributed by atoms with Crippen LogP contribution in [0.4, 0.5) is 10.6 Å². The molecule has 3 N–H and O–H groups in total. The van der Waals surface area contributed by atoms with Gasteiger partial charge < -0.3 is 10.3 Å². The number of aromatic nitrogens is 3. The summed E-state index contributed by atoms with van der Waals surface area (Å²) in [5, 5.41) is 5.41. The maximum Gasteiger partial charge on any atom is 0.320 e. The molecule has 9 nitrogen and oxygen atoms in total. The Bertz CT molecular complexity index is 834. The Morgan fingerprint density at radius 1 is 1.50 bits per heavy atom. The molecule has 0 saturated carbocycles. The number of nitrogens with zero attached hydrogens (tertiary/aromatic N) is 3. The number of hydrogen-bond donors (Lipinski definition) is 3. The smallest absolute Gasteiger partial charge is 0.320 e. The van der Waals surface area contributed by atoms with E-state index in [0.717, 1.165) is 0 Å². The molecule has 2 amide bonds. The molecule has 3 rings (SSSR count). The summed E-state index contributed by atoms with van der Waals surface area (Å²) in [6.45, 7) is 2.57. The quantitative estimate of drug-likeness (QED) is 0.738. The summed E-state index contributed by atoms with van der Waals surface area (Å²) in [4.78, 5) is 23.4. The van der Waals surface area contributed by atoms with Crippen molar-refractivity contribution in [3.8, 4) is 0 Å². The predicted molar refractivity (Wildman–Crippen MR) is 90.1 cm³/mol. The van der Waals surface area contributed by atoms with E-state index in [4.69, 9.17) is 0 Å². The van der Waals surface area contributed by atoms with Gasteiger partial charge in [0.25, 0.3) is 0 Å². The van der Waals surface area contributed by atoms with Gasteiger partial charge in [-0.25, -0.2) is 23.2 Å². The summed E-state index contributed by atoms with van der Waals surface area (Å²) in [7, 11) is -3.22. The maximum absolute atomic E-state index is 12.1. The van der Waals surface area contributed by atoms with Crippen molar-refractivity contribution in [2.24, 2.45) is 0 Å². The first-order valence-corrected chi connectivity index (χ1v) is 9.44. The highest BCUT2D eigenvalue weighted by atomic mass is 32.2. The van der Waals surface area contributed by atoms with E-state index in [9.17, 15) is 13.2 Å². The summed E-state index contributed by atoms with van der Waals surface area (Å²) in [6, 6.07) is 1.14. The van der Waals surface area contributed by atoms with Crippen LogP contribution >= 0.6 is 0 Å². The normalized spacial score (nSPS) is 18.8. The molecule has 1 fully saturated rings. The average molecular weight is 352 g/mol. The van der Waals surface area contributed by atoms with Crippen molar-refractivity contribution >= 4 is 33.0 Å². The summed E-state index contributed by atoms with van der Waals surface area (Å²) in [5.41, 5.74) is 1.30. The summed E-state index contributed by atoms with van der Waals surface area (Å²) >= 11 is 0. The van der Waals surface area contributed by atoms with E-state index in [1.807, 2.05) is 6.92 Å². The monoisotopic (exact) mass is 352 g/mol. The largest absolute Gasteiger partial charge is 0.345 e. The fourth-order valence-electron chi connectivity index (χ4n) is 2.71. The van der Waals surface area contributed by atoms with Gasteiger partial charge in [-0.05, 0) is 18.9 Å². The molecule has 1 aliphatic heterocycles. The zero-order valence-electron chi connectivity index (χ0n) is 13.3. The van der Waals surface area contributed by atoms with Crippen LogP contribution in [0.5, 0.6) is 0 Å². The van der Waals surface area contributed by atoms with Crippen molar-refractivity contribution in [2.45, 2.75) is 25.8 Å². The van der Waals surface area contributed by atoms with Crippen LogP contribution in [0.15, 0.2) is 18.5 Å². The second-order valence-electron chi connectivity index (χ2n) is 5.72. The van der Waals surface area contributed by atoms with Gasteiger partial charge in [0.2, 0.25) is 10.0 Å². The van der Waals surface area contributed by atoms with Gasteiger partial charge in [-0.15, -0.1) is 0 Å². The van der Waals surface area contributed by atoms with Crippen LogP contribution in [0.2, 0.25) is 0 Å². The minimum Gasteiger partial charge on any atom is -0.345 e. The number of anilines is 1. The van der Waals surface area contributed by atoms with E-state index in [0.29, 0.717) is 42.9 Å². The summed E-state index contributed by atoms with van der Waals surface area (Å²) in [6.07, 6.45) is 4.36. The lowest BCUT2D eigenvalue weighted by molar-refractivity contribution is 0.248. The first kappa shape index (κ1) is 16.7. The highest BCUT2D eigenvalue weighted by molar-refractivity contribution is 7.89. The molecular formula is C14H20N6O3S. The van der Waals surface area contributed by atoms with Crippen LogP contribution in [-0.2, 0) is 10.0 Å². The third-order valence-electron chi connectivity index (χ3n) is 3.84. The van der Waals surface area contributed by atoms with Gasteiger partial charge in [0, 0.05) is 25.3 Å². The number of carbonyl (C=O) groups is 1. The highest BCUT2D eigenvalue weighted by Crippen LogP contribution is 2.15. The number of aromatic amines is 1. The molecule has 0 radical (unpaired) electrons. The predicted octanol–water partition coefficient (Wildman–Crippen LogP) is 0.893. The number of fused-ring (bicyclic) bond motifs is 1. The number of urea groups is 1. The van der Waals surface area contributed by atoms with Crippen molar-refractivity contribution in [3.63, 3.8) is 0 Å². The SMILES string of the molecule is CCCS(=O)(=O)N1CCC(NC(=O)Nc2cnc3[nH]ccc3n2)C1. The number of amides is 2. The van der Waals surface area contributed by atoms with E-state index < -0.39 is 16.1 Å². The van der Waals surface area contributed by atoms with Gasteiger partial charge in [-0.1, -0.05) is 6.92 Å². The number of carbonyl (C=O) groups excluding carboxylic acids is 1. The molecule has 1 unspecified atom stereocenters. The van der Waals surface area contributed by atoms with Crippen LogP contribution in [0.1, 0.15) is 19.8 Å². The lowest BCUT2D eigenvalue weighted by Crippen LogP contribution is -2.41. The lowest BCUT2D eigenvalue weighted by atomic mass is 10.3. The van der Waals surface area contributed by atoms with Crippen molar-refractivity contribution in [1.82, 2.24) is 24.6 Å². The fourth-order valence-corrected chi connectivity index (χ4v) is 4.28. The molecular weight excluding hydrogens is 332 g/mol. The molecule has 24 heavy (non-hydrogen) atoms. The molecule has 0 aliphatic carbocycles. The van der Waals surface area contributed by atoms with Crippen molar-refractivity contribution in [3.05, 3.63) is 18.5 Å². The number of hydrogen-bond acceptors (Lipinski definition) is 5. The molecule has 130 valence electrons. The third-order valence-corrected chi connectivity index (χ3v) is 5.89. The van der Waals surface area contributed by atoms with Crippen molar-refractivity contribution in [2.75, 3.05) is 24.2 Å². The van der Waals surface area contributed by atoms with E-state index >= 15 is 0 Å². The summed E-state index contributed by atoms with van der Waals surface area (Å²) in [5.74, 6) is 0.478. The highest BCUT2D eigenvalue weighted by Gasteiger charge is 2.31. The standard InChI is InChI=1S/C14H20N6O3S/c1-2-7-24(22,23)20-6-4-10(9-20)17-14(21)19-12-8-16-13-11(18-12)3-5-15-13/h3,5,8,10H,2,4,6-7,9H2,1H3,(H,15,16)(H2,17,18,19,21). The molecule has 1 atom stereocenters. The zero-order valence-corrected chi connectivity index (χ0v) is 14.1. The Labute approximate surface area is 139 Å². The molecule has 2 aromatic rings. The summed E-state index contributed by atoms with van der Waals surface area (Å²) < 4.78 is 25.5. The van der Waals surface area contributed by atoms with Crippen LogP contribution in [-0.4, -0.2) is 58.6 Å². The van der Waals surface area contributed by atoms with Gasteiger partial charge in [0.1, 0.15) is 5.52 Å². The Balaban J connectivity index is 1.55. The fraction of sp³-hybridized carbons (Fsp3) is 0.500. The minimum absolute atomic E-state index is 0.137. The van der Waals surface area contributed by atoms with Crippen LogP contribution in [0, 0.1) is 0 Å². The minimum atomic E-state index is -3.22. The Hall–Kier alpha value is -2.20. The number of nitrogens with one attached hydrogen (secondary N) is 3. The van der Waals surface area contributed by atoms with Gasteiger partial charge >= 0.3 is 6.03 Å². The number of sulfonamides is 1. The Morgan fingerprint density at radius 2 is 2.33 bits per heavy atom. The maximum atomic E-state index is 12.1. The van der Waals surface area contributed by atoms with E-state index in [-0.39, 0.29) is 11.8 Å². The van der Waals surface area contributed by atoms with E-state index in [1.165, 1.54) is 10.5 Å². The van der Waals surface area contributed by atoms with Gasteiger partial charge in [-0.3, -0.25) is 5.32 Å². The average Bonchev–Trinajstić information content (AvgIpc) is 3.15. The first-order chi connectivity index (χ1) is 11.5. The second-order valence-corrected chi connectivity index (χ2v) is 7.81. The molecule has 0 bridgehead atoms. The second kappa shape index (κ2) is 6.73. The van der Waals surface area contributed by atoms with Gasteiger partial charge in [-0.2, -0.15) is 4.31 Å². The molecule has 1 saturated heterocycles. The molecule has 3 heterocycles. The van der Waals surface area contributed by atoms with Gasteiger partial charge in [0.15, 0.2) is 11.5 Å². The zero-order chi connectivity index (χ0) is 17.2. The van der Waals surface area contributed by atoms with Crippen molar-refractivity contribution in [1.29, 1.82) is 0 Å². The molecule has 1 aliphatic rings. The van der Waals surface area contributed by atoms with Gasteiger partial charge in [0.05, 0.1) is 11.9 Å². The molecule has 0 aromatic carbocycles. The Kier molecular flexibility index (Phi) is 4.67. The first-order valence-electron chi connectivity index (χ1n) is 7.83. The van der Waals surface area contributed by atoms with Crippen LogP contribution in [0.25, 0.3) is 11.2 Å². The third kappa shape index (κ3) is 3.65. The molecule has 0 spiro atoms. The van der Waals surface area contributed by atoms with Crippen LogP contribution < -0.4 is 10.6 Å². The number of H-pyrrole nitrogens is 1. The number of rotatable bonds is 5. The van der Waals surface area contributed by atoms with E-state index in [2.05, 4.69) is 25.6 Å². The lowest BCUT2D eigenvalue weighted by Gasteiger charge is -2.16. The van der Waals surface area contributed by atoms with E-state index in [1.54, 1.807) is 12.3 Å². The van der Waals surface area contributed by atoms with Crippen molar-refractivity contribution < 1.29 is 13.2 Å². The Morgan fingerprint density at radius 3 is 3.12 bits per heavy atom. The topological polar surface area (TPSA) is 120 Å². The van der Waals surface area contributed by atoms with Crippen LogP contribution in [0.3, 0.4) is 0 Å². The molecule has 10 heteroatoms.